The molecule has 0 saturated carbocycles. The minimum Gasteiger partial charge on any atom is -0.479 e. The number of hydrogen-bond acceptors (Lipinski definition) is 3. The number of hydrogen-bond donors (Lipinski definition) is 2. The van der Waals surface area contributed by atoms with E-state index < -0.39 is 6.10 Å². The van der Waals surface area contributed by atoms with Crippen LogP contribution in [-0.2, 0) is 4.79 Å². The summed E-state index contributed by atoms with van der Waals surface area (Å²) in [6.45, 7) is 5.01. The fourth-order valence-corrected chi connectivity index (χ4v) is 2.75. The molecule has 0 aliphatic carbocycles. The molecule has 0 radical (unpaired) electrons. The summed E-state index contributed by atoms with van der Waals surface area (Å²) in [4.78, 5) is 12.4. The Balaban J connectivity index is 0.00000242. The van der Waals surface area contributed by atoms with Gasteiger partial charge in [0.15, 0.2) is 6.10 Å². The van der Waals surface area contributed by atoms with Gasteiger partial charge in [0.05, 0.1) is 5.02 Å². The summed E-state index contributed by atoms with van der Waals surface area (Å²) < 4.78 is 5.76. The number of carbonyl (C=O) groups excluding carboxylic acids is 1. The molecule has 124 valence electrons. The molecule has 1 saturated heterocycles. The van der Waals surface area contributed by atoms with Crippen LogP contribution in [0.15, 0.2) is 24.3 Å². The fraction of sp³-hybridized carbons (Fsp3) is 0.562. The summed E-state index contributed by atoms with van der Waals surface area (Å²) in [7, 11) is 0. The third-order valence-electron chi connectivity index (χ3n) is 3.74. The second kappa shape index (κ2) is 9.23. The Hall–Kier alpha value is -0.970. The van der Waals surface area contributed by atoms with Crippen molar-refractivity contribution >= 4 is 29.9 Å². The number of para-hydroxylation sites is 1. The first kappa shape index (κ1) is 19.1. The predicted molar refractivity (Wildman–Crippen MR) is 92.0 cm³/mol. The lowest BCUT2D eigenvalue weighted by Gasteiger charge is -2.30. The lowest BCUT2D eigenvalue weighted by atomic mass is 10.0. The van der Waals surface area contributed by atoms with E-state index in [1.807, 2.05) is 19.1 Å². The number of ether oxygens (including phenoxy) is 1. The van der Waals surface area contributed by atoms with E-state index in [0.29, 0.717) is 23.2 Å². The third-order valence-corrected chi connectivity index (χ3v) is 4.05. The van der Waals surface area contributed by atoms with Gasteiger partial charge in [-0.2, -0.15) is 0 Å². The number of halogens is 2. The molecule has 6 heteroatoms. The van der Waals surface area contributed by atoms with Gasteiger partial charge in [-0.3, -0.25) is 4.79 Å². The van der Waals surface area contributed by atoms with Gasteiger partial charge in [-0.1, -0.05) is 30.7 Å². The Morgan fingerprint density at radius 2 is 2.23 bits per heavy atom. The van der Waals surface area contributed by atoms with Crippen LogP contribution in [0.3, 0.4) is 0 Å². The van der Waals surface area contributed by atoms with Crippen LogP contribution in [0.1, 0.15) is 33.1 Å². The second-order valence-corrected chi connectivity index (χ2v) is 5.94. The highest BCUT2D eigenvalue weighted by molar-refractivity contribution is 6.32. The van der Waals surface area contributed by atoms with Crippen molar-refractivity contribution in [3.05, 3.63) is 29.3 Å². The van der Waals surface area contributed by atoms with E-state index in [0.717, 1.165) is 19.4 Å². The number of nitrogens with one attached hydrogen (secondary N) is 2. The van der Waals surface area contributed by atoms with Crippen LogP contribution in [0, 0.1) is 0 Å². The summed E-state index contributed by atoms with van der Waals surface area (Å²) in [6.07, 6.45) is 2.01. The monoisotopic (exact) mass is 346 g/mol. The minimum atomic E-state index is -0.505. The van der Waals surface area contributed by atoms with Gasteiger partial charge in [0.2, 0.25) is 0 Å². The molecule has 0 bridgehead atoms. The lowest BCUT2D eigenvalue weighted by Crippen LogP contribution is -2.50. The maximum atomic E-state index is 12.4. The quantitative estimate of drug-likeness (QED) is 0.860. The molecule has 0 aromatic heterocycles. The number of benzene rings is 1. The van der Waals surface area contributed by atoms with E-state index in [1.165, 1.54) is 0 Å². The number of amides is 1. The van der Waals surface area contributed by atoms with E-state index in [2.05, 4.69) is 17.6 Å². The zero-order valence-electron chi connectivity index (χ0n) is 13.0. The van der Waals surface area contributed by atoms with Crippen LogP contribution in [-0.4, -0.2) is 30.6 Å². The highest BCUT2D eigenvalue weighted by Crippen LogP contribution is 2.25. The van der Waals surface area contributed by atoms with Gasteiger partial charge in [0.1, 0.15) is 5.75 Å². The smallest absolute Gasteiger partial charge is 0.261 e. The first-order chi connectivity index (χ1) is 10.1. The number of carbonyl (C=O) groups is 1. The maximum absolute atomic E-state index is 12.4. The average Bonchev–Trinajstić information content (AvgIpc) is 2.46. The molecule has 2 N–H and O–H groups in total. The SMILES string of the molecule is CCC(Oc1ccccc1Cl)C(=O)NC1CCNC(C)C1.Cl. The van der Waals surface area contributed by atoms with Crippen molar-refractivity contribution in [2.24, 2.45) is 0 Å². The van der Waals surface area contributed by atoms with Crippen LogP contribution in [0.4, 0.5) is 0 Å². The van der Waals surface area contributed by atoms with Crippen LogP contribution >= 0.6 is 24.0 Å². The van der Waals surface area contributed by atoms with Gasteiger partial charge in [-0.15, -0.1) is 12.4 Å². The first-order valence-corrected chi connectivity index (χ1v) is 7.93. The Kier molecular flexibility index (Phi) is 8.01. The van der Waals surface area contributed by atoms with E-state index >= 15 is 0 Å². The Morgan fingerprint density at radius 3 is 2.86 bits per heavy atom. The topological polar surface area (TPSA) is 50.4 Å². The molecule has 1 aromatic rings. The summed E-state index contributed by atoms with van der Waals surface area (Å²) in [5, 5.41) is 7.00. The van der Waals surface area contributed by atoms with Crippen LogP contribution in [0.2, 0.25) is 5.02 Å². The molecule has 1 aromatic carbocycles. The molecule has 1 fully saturated rings. The summed E-state index contributed by atoms with van der Waals surface area (Å²) in [5.74, 6) is 0.497. The van der Waals surface area contributed by atoms with E-state index in [1.54, 1.807) is 12.1 Å². The molecule has 3 atom stereocenters. The van der Waals surface area contributed by atoms with Gasteiger partial charge in [-0.05, 0) is 44.9 Å². The van der Waals surface area contributed by atoms with Crippen molar-refractivity contribution < 1.29 is 9.53 Å². The van der Waals surface area contributed by atoms with Crippen LogP contribution < -0.4 is 15.4 Å². The van der Waals surface area contributed by atoms with Gasteiger partial charge in [0.25, 0.3) is 5.91 Å². The van der Waals surface area contributed by atoms with Crippen molar-refractivity contribution in [1.29, 1.82) is 0 Å². The number of piperidine rings is 1. The van der Waals surface area contributed by atoms with Crippen molar-refractivity contribution in [2.45, 2.75) is 51.3 Å². The van der Waals surface area contributed by atoms with Crippen LogP contribution in [0.5, 0.6) is 5.75 Å². The van der Waals surface area contributed by atoms with Crippen molar-refractivity contribution in [1.82, 2.24) is 10.6 Å². The Labute approximate surface area is 143 Å². The van der Waals surface area contributed by atoms with Crippen LogP contribution in [0.25, 0.3) is 0 Å². The summed E-state index contributed by atoms with van der Waals surface area (Å²) in [5.41, 5.74) is 0. The van der Waals surface area contributed by atoms with Gasteiger partial charge >= 0.3 is 0 Å². The van der Waals surface area contributed by atoms with Crippen molar-refractivity contribution in [3.63, 3.8) is 0 Å². The standard InChI is InChI=1S/C16H23ClN2O2.ClH/c1-3-14(21-15-7-5-4-6-13(15)17)16(20)19-12-8-9-18-11(2)10-12;/h4-7,11-12,14,18H,3,8-10H2,1-2H3,(H,19,20);1H. The van der Waals surface area contributed by atoms with Crippen molar-refractivity contribution in [3.8, 4) is 5.75 Å². The molecule has 2 rings (SSSR count). The highest BCUT2D eigenvalue weighted by atomic mass is 35.5. The van der Waals surface area contributed by atoms with E-state index in [9.17, 15) is 4.79 Å². The Morgan fingerprint density at radius 1 is 1.50 bits per heavy atom. The van der Waals surface area contributed by atoms with E-state index in [-0.39, 0.29) is 24.4 Å². The molecular formula is C16H24Cl2N2O2. The highest BCUT2D eigenvalue weighted by Gasteiger charge is 2.25. The molecule has 1 heterocycles. The molecule has 1 amide bonds. The molecule has 0 spiro atoms. The normalized spacial score (nSPS) is 22.3. The lowest BCUT2D eigenvalue weighted by molar-refractivity contribution is -0.129. The molecule has 22 heavy (non-hydrogen) atoms. The average molecular weight is 347 g/mol. The van der Waals surface area contributed by atoms with Gasteiger partial charge < -0.3 is 15.4 Å². The largest absolute Gasteiger partial charge is 0.479 e. The minimum absolute atomic E-state index is 0. The van der Waals surface area contributed by atoms with Gasteiger partial charge in [-0.25, -0.2) is 0 Å². The zero-order valence-corrected chi connectivity index (χ0v) is 14.5. The molecule has 1 aliphatic rings. The predicted octanol–water partition coefficient (Wildman–Crippen LogP) is 3.18. The van der Waals surface area contributed by atoms with E-state index in [4.69, 9.17) is 16.3 Å². The Bertz CT molecular complexity index is 485. The summed E-state index contributed by atoms with van der Waals surface area (Å²) in [6, 6.07) is 7.89. The van der Waals surface area contributed by atoms with Crippen molar-refractivity contribution in [2.75, 3.05) is 6.54 Å². The first-order valence-electron chi connectivity index (χ1n) is 7.55. The third kappa shape index (κ3) is 5.34. The maximum Gasteiger partial charge on any atom is 0.261 e. The molecule has 1 aliphatic heterocycles. The molecule has 3 unspecified atom stereocenters. The summed E-state index contributed by atoms with van der Waals surface area (Å²) >= 11 is 6.08. The van der Waals surface area contributed by atoms with Gasteiger partial charge in [0, 0.05) is 12.1 Å². The second-order valence-electron chi connectivity index (χ2n) is 5.53. The number of rotatable bonds is 5. The fourth-order valence-electron chi connectivity index (χ4n) is 2.57. The molecular weight excluding hydrogens is 323 g/mol. The zero-order chi connectivity index (χ0) is 15.2. The molecule has 4 nitrogen and oxygen atoms in total.